The van der Waals surface area contributed by atoms with Crippen LogP contribution in [0.15, 0.2) is 24.3 Å². The van der Waals surface area contributed by atoms with Gasteiger partial charge in [-0.2, -0.15) is 0 Å². The molecule has 3 aliphatic rings. The molecule has 1 aromatic rings. The molecule has 0 spiro atoms. The molecule has 3 aliphatic carbocycles. The molecule has 0 aromatic heterocycles. The first-order valence-corrected chi connectivity index (χ1v) is 7.05. The highest BCUT2D eigenvalue weighted by molar-refractivity contribution is 5.89. The lowest BCUT2D eigenvalue weighted by molar-refractivity contribution is 0.249. The summed E-state index contributed by atoms with van der Waals surface area (Å²) in [6.45, 7) is 0. The number of hydrogen-bond acceptors (Lipinski definition) is 1. The van der Waals surface area contributed by atoms with Crippen LogP contribution >= 0.6 is 0 Å². The first-order chi connectivity index (χ1) is 9.22. The van der Waals surface area contributed by atoms with Gasteiger partial charge in [-0.05, 0) is 61.1 Å². The van der Waals surface area contributed by atoms with Gasteiger partial charge in [0.25, 0.3) is 0 Å². The standard InChI is InChI=1S/C15H17FN2O/c16-10-2-1-3-11(7-10)17-15(19)18-14-12-8-4-5-9(6-8)13(12)14/h1-3,7-9,12-14H,4-6H2,(H2,17,18,19)/t8-,9-,12-,13+,14?/m0/s1. The van der Waals surface area contributed by atoms with Crippen LogP contribution in [0.3, 0.4) is 0 Å². The molecule has 0 aliphatic heterocycles. The highest BCUT2D eigenvalue weighted by Gasteiger charge is 2.65. The second-order valence-corrected chi connectivity index (χ2v) is 6.12. The maximum Gasteiger partial charge on any atom is 0.319 e. The molecule has 19 heavy (non-hydrogen) atoms. The monoisotopic (exact) mass is 260 g/mol. The van der Waals surface area contributed by atoms with E-state index in [-0.39, 0.29) is 11.8 Å². The third kappa shape index (κ3) is 1.81. The molecule has 3 nitrogen and oxygen atoms in total. The number of anilines is 1. The second-order valence-electron chi connectivity index (χ2n) is 6.12. The molecule has 2 bridgehead atoms. The Kier molecular flexibility index (Phi) is 2.34. The number of carbonyl (C=O) groups is 1. The van der Waals surface area contributed by atoms with E-state index in [2.05, 4.69) is 10.6 Å². The van der Waals surface area contributed by atoms with Gasteiger partial charge >= 0.3 is 6.03 Å². The zero-order chi connectivity index (χ0) is 13.0. The minimum absolute atomic E-state index is 0.204. The maximum absolute atomic E-state index is 13.0. The summed E-state index contributed by atoms with van der Waals surface area (Å²) < 4.78 is 13.0. The molecule has 2 N–H and O–H groups in total. The number of halogens is 1. The Balaban J connectivity index is 1.36. The van der Waals surface area contributed by atoms with Crippen molar-refractivity contribution in [3.8, 4) is 0 Å². The highest BCUT2D eigenvalue weighted by atomic mass is 19.1. The van der Waals surface area contributed by atoms with Crippen LogP contribution in [0.4, 0.5) is 14.9 Å². The minimum Gasteiger partial charge on any atom is -0.335 e. The van der Waals surface area contributed by atoms with Gasteiger partial charge in [-0.3, -0.25) is 0 Å². The normalized spacial score (nSPS) is 37.8. The zero-order valence-corrected chi connectivity index (χ0v) is 10.6. The van der Waals surface area contributed by atoms with E-state index in [0.29, 0.717) is 11.7 Å². The van der Waals surface area contributed by atoms with Gasteiger partial charge in [-0.15, -0.1) is 0 Å². The predicted molar refractivity (Wildman–Crippen MR) is 70.2 cm³/mol. The summed E-state index contributed by atoms with van der Waals surface area (Å²) in [4.78, 5) is 11.9. The van der Waals surface area contributed by atoms with E-state index in [1.165, 1.54) is 31.4 Å². The summed E-state index contributed by atoms with van der Waals surface area (Å²) in [5, 5.41) is 5.76. The van der Waals surface area contributed by atoms with Crippen molar-refractivity contribution in [1.82, 2.24) is 5.32 Å². The van der Waals surface area contributed by atoms with Crippen LogP contribution < -0.4 is 10.6 Å². The van der Waals surface area contributed by atoms with E-state index in [9.17, 15) is 9.18 Å². The van der Waals surface area contributed by atoms with E-state index in [1.807, 2.05) is 0 Å². The fourth-order valence-electron chi connectivity index (χ4n) is 4.40. The summed E-state index contributed by atoms with van der Waals surface area (Å²) in [7, 11) is 0. The quantitative estimate of drug-likeness (QED) is 0.843. The molecule has 3 fully saturated rings. The van der Waals surface area contributed by atoms with Crippen molar-refractivity contribution in [2.45, 2.75) is 25.3 Å². The molecule has 0 saturated heterocycles. The fourth-order valence-corrected chi connectivity index (χ4v) is 4.40. The number of amides is 2. The van der Waals surface area contributed by atoms with Crippen LogP contribution in [-0.4, -0.2) is 12.1 Å². The van der Waals surface area contributed by atoms with E-state index in [1.54, 1.807) is 12.1 Å². The number of benzene rings is 1. The van der Waals surface area contributed by atoms with Gasteiger partial charge in [0.15, 0.2) is 0 Å². The van der Waals surface area contributed by atoms with Crippen molar-refractivity contribution in [2.24, 2.45) is 23.7 Å². The lowest BCUT2D eigenvalue weighted by Crippen LogP contribution is -2.33. The number of hydrogen-bond donors (Lipinski definition) is 2. The summed E-state index contributed by atoms with van der Waals surface area (Å²) in [5.74, 6) is 2.79. The fraction of sp³-hybridized carbons (Fsp3) is 0.533. The van der Waals surface area contributed by atoms with Gasteiger partial charge in [0, 0.05) is 11.7 Å². The highest BCUT2D eigenvalue weighted by Crippen LogP contribution is 2.65. The molecule has 5 atom stereocenters. The summed E-state index contributed by atoms with van der Waals surface area (Å²) in [6.07, 6.45) is 4.06. The van der Waals surface area contributed by atoms with Gasteiger partial charge in [0.1, 0.15) is 5.82 Å². The summed E-state index contributed by atoms with van der Waals surface area (Å²) in [6, 6.07) is 6.14. The SMILES string of the molecule is O=C(Nc1cccc(F)c1)NC1[C@@H]2[C@H]3CC[C@@H](C3)[C@H]12. The van der Waals surface area contributed by atoms with E-state index in [0.717, 1.165) is 23.7 Å². The van der Waals surface area contributed by atoms with E-state index < -0.39 is 0 Å². The van der Waals surface area contributed by atoms with Crippen molar-refractivity contribution in [3.05, 3.63) is 30.1 Å². The number of fused-ring (bicyclic) bond motifs is 5. The van der Waals surface area contributed by atoms with Crippen LogP contribution in [0, 0.1) is 29.5 Å². The maximum atomic E-state index is 13.0. The van der Waals surface area contributed by atoms with E-state index >= 15 is 0 Å². The summed E-state index contributed by atoms with van der Waals surface area (Å²) >= 11 is 0. The topological polar surface area (TPSA) is 41.1 Å². The number of nitrogens with one attached hydrogen (secondary N) is 2. The van der Waals surface area contributed by atoms with Crippen molar-refractivity contribution in [3.63, 3.8) is 0 Å². The van der Waals surface area contributed by atoms with Crippen LogP contribution in [0.1, 0.15) is 19.3 Å². The average Bonchev–Trinajstić information content (AvgIpc) is 2.78. The average molecular weight is 260 g/mol. The molecule has 0 radical (unpaired) electrons. The van der Waals surface area contributed by atoms with Crippen molar-refractivity contribution in [1.29, 1.82) is 0 Å². The van der Waals surface area contributed by atoms with Gasteiger partial charge in [0.05, 0.1) is 0 Å². The van der Waals surface area contributed by atoms with Crippen molar-refractivity contribution >= 4 is 11.7 Å². The number of rotatable bonds is 2. The van der Waals surface area contributed by atoms with E-state index in [4.69, 9.17) is 0 Å². The largest absolute Gasteiger partial charge is 0.335 e. The van der Waals surface area contributed by atoms with Gasteiger partial charge in [0.2, 0.25) is 0 Å². The van der Waals surface area contributed by atoms with Crippen molar-refractivity contribution < 1.29 is 9.18 Å². The van der Waals surface area contributed by atoms with Crippen LogP contribution in [0.5, 0.6) is 0 Å². The zero-order valence-electron chi connectivity index (χ0n) is 10.6. The molecule has 4 rings (SSSR count). The van der Waals surface area contributed by atoms with Crippen LogP contribution in [0.2, 0.25) is 0 Å². The van der Waals surface area contributed by atoms with Gasteiger partial charge in [-0.25, -0.2) is 9.18 Å². The van der Waals surface area contributed by atoms with Gasteiger partial charge in [-0.1, -0.05) is 6.07 Å². The summed E-state index contributed by atoms with van der Waals surface area (Å²) in [5.41, 5.74) is 0.506. The lowest BCUT2D eigenvalue weighted by Gasteiger charge is -2.11. The third-order valence-electron chi connectivity index (χ3n) is 5.12. The first kappa shape index (κ1) is 11.3. The Hall–Kier alpha value is -1.58. The molecule has 2 amide bonds. The Morgan fingerprint density at radius 3 is 2.63 bits per heavy atom. The Morgan fingerprint density at radius 1 is 1.21 bits per heavy atom. The van der Waals surface area contributed by atoms with Crippen LogP contribution in [0.25, 0.3) is 0 Å². The number of urea groups is 1. The minimum atomic E-state index is -0.334. The number of carbonyl (C=O) groups excluding carboxylic acids is 1. The smallest absolute Gasteiger partial charge is 0.319 e. The third-order valence-corrected chi connectivity index (χ3v) is 5.12. The second kappa shape index (κ2) is 3.95. The molecule has 4 heteroatoms. The molecule has 3 saturated carbocycles. The Labute approximate surface area is 111 Å². The molecule has 1 unspecified atom stereocenters. The lowest BCUT2D eigenvalue weighted by atomic mass is 10.0. The molecule has 1 aromatic carbocycles. The predicted octanol–water partition coefficient (Wildman–Crippen LogP) is 2.99. The van der Waals surface area contributed by atoms with Gasteiger partial charge < -0.3 is 10.6 Å². The molecule has 100 valence electrons. The molecular formula is C15H17FN2O. The van der Waals surface area contributed by atoms with Crippen molar-refractivity contribution in [2.75, 3.05) is 5.32 Å². The molecular weight excluding hydrogens is 243 g/mol. The Bertz CT molecular complexity index is 517. The van der Waals surface area contributed by atoms with Crippen LogP contribution in [-0.2, 0) is 0 Å². The Morgan fingerprint density at radius 2 is 1.95 bits per heavy atom. The first-order valence-electron chi connectivity index (χ1n) is 7.05. The molecule has 0 heterocycles.